The lowest BCUT2D eigenvalue weighted by Gasteiger charge is -2.19. The number of hydrogen-bond donors (Lipinski definition) is 2. The standard InChI is InChI=1S/C13H20N4O4/c1-4-5-14-12-6-10(11(7-15-12)17(20)21)13(19)16(3)8-9(2)18/h6-7,9,18H,4-5,8H2,1-3H3,(H,14,15). The molecule has 0 saturated carbocycles. The van der Waals surface area contributed by atoms with Crippen molar-refractivity contribution in [2.75, 3.05) is 25.5 Å². The molecule has 8 heteroatoms. The smallest absolute Gasteiger partial charge is 0.300 e. The van der Waals surface area contributed by atoms with E-state index in [1.165, 1.54) is 18.0 Å². The first-order valence-corrected chi connectivity index (χ1v) is 6.68. The van der Waals surface area contributed by atoms with E-state index in [9.17, 15) is 20.0 Å². The number of rotatable bonds is 7. The van der Waals surface area contributed by atoms with Crippen LogP contribution in [0.3, 0.4) is 0 Å². The summed E-state index contributed by atoms with van der Waals surface area (Å²) in [6, 6.07) is 1.37. The highest BCUT2D eigenvalue weighted by Gasteiger charge is 2.24. The molecule has 2 N–H and O–H groups in total. The van der Waals surface area contributed by atoms with Gasteiger partial charge in [-0.25, -0.2) is 4.98 Å². The molecule has 0 aliphatic heterocycles. The number of aliphatic hydroxyl groups is 1. The molecule has 0 aliphatic rings. The minimum atomic E-state index is -0.711. The quantitative estimate of drug-likeness (QED) is 0.579. The van der Waals surface area contributed by atoms with Crippen LogP contribution in [-0.2, 0) is 0 Å². The first-order chi connectivity index (χ1) is 9.86. The molecule has 0 spiro atoms. The summed E-state index contributed by atoms with van der Waals surface area (Å²) in [6.45, 7) is 4.26. The maximum atomic E-state index is 12.3. The third-order valence-electron chi connectivity index (χ3n) is 2.75. The third kappa shape index (κ3) is 4.67. The Kier molecular flexibility index (Phi) is 6.04. The van der Waals surface area contributed by atoms with Crippen LogP contribution in [0.15, 0.2) is 12.3 Å². The highest BCUT2D eigenvalue weighted by atomic mass is 16.6. The molecule has 0 saturated heterocycles. The zero-order chi connectivity index (χ0) is 16.0. The van der Waals surface area contributed by atoms with E-state index >= 15 is 0 Å². The van der Waals surface area contributed by atoms with E-state index in [4.69, 9.17) is 0 Å². The molecule has 1 aromatic heterocycles. The number of pyridine rings is 1. The highest BCUT2D eigenvalue weighted by Crippen LogP contribution is 2.21. The second-order valence-electron chi connectivity index (χ2n) is 4.81. The van der Waals surface area contributed by atoms with Crippen LogP contribution in [0, 0.1) is 10.1 Å². The molecule has 21 heavy (non-hydrogen) atoms. The third-order valence-corrected chi connectivity index (χ3v) is 2.75. The lowest BCUT2D eigenvalue weighted by molar-refractivity contribution is -0.385. The number of anilines is 1. The minimum absolute atomic E-state index is 0.0447. The van der Waals surface area contributed by atoms with E-state index in [1.54, 1.807) is 6.92 Å². The predicted molar refractivity (Wildman–Crippen MR) is 78.3 cm³/mol. The van der Waals surface area contributed by atoms with Gasteiger partial charge in [0, 0.05) is 26.2 Å². The van der Waals surface area contributed by atoms with Crippen molar-refractivity contribution in [2.45, 2.75) is 26.4 Å². The molecule has 0 radical (unpaired) electrons. The molecule has 0 aromatic carbocycles. The molecule has 1 heterocycles. The van der Waals surface area contributed by atoms with E-state index in [-0.39, 0.29) is 17.8 Å². The number of carbonyl (C=O) groups is 1. The summed E-state index contributed by atoms with van der Waals surface area (Å²) < 4.78 is 0. The van der Waals surface area contributed by atoms with Gasteiger partial charge in [0.25, 0.3) is 11.6 Å². The second-order valence-corrected chi connectivity index (χ2v) is 4.81. The zero-order valence-corrected chi connectivity index (χ0v) is 12.4. The summed E-state index contributed by atoms with van der Waals surface area (Å²) in [5.41, 5.74) is -0.392. The Morgan fingerprint density at radius 3 is 2.81 bits per heavy atom. The first kappa shape index (κ1) is 16.8. The van der Waals surface area contributed by atoms with Gasteiger partial charge < -0.3 is 15.3 Å². The van der Waals surface area contributed by atoms with Crippen LogP contribution >= 0.6 is 0 Å². The SMILES string of the molecule is CCCNc1cc(C(=O)N(C)CC(C)O)c([N+](=O)[O-])cn1. The fourth-order valence-electron chi connectivity index (χ4n) is 1.80. The van der Waals surface area contributed by atoms with Crippen molar-refractivity contribution in [3.63, 3.8) is 0 Å². The van der Waals surface area contributed by atoms with Crippen molar-refractivity contribution in [1.29, 1.82) is 0 Å². The van der Waals surface area contributed by atoms with Gasteiger partial charge in [0.1, 0.15) is 17.6 Å². The van der Waals surface area contributed by atoms with Gasteiger partial charge in [-0.15, -0.1) is 0 Å². The maximum absolute atomic E-state index is 12.3. The van der Waals surface area contributed by atoms with Crippen LogP contribution in [0.4, 0.5) is 11.5 Å². The van der Waals surface area contributed by atoms with Crippen LogP contribution in [0.5, 0.6) is 0 Å². The Morgan fingerprint density at radius 1 is 1.62 bits per heavy atom. The summed E-state index contributed by atoms with van der Waals surface area (Å²) in [4.78, 5) is 27.8. The van der Waals surface area contributed by atoms with Crippen molar-refractivity contribution in [3.8, 4) is 0 Å². The number of aliphatic hydroxyl groups excluding tert-OH is 1. The number of nitro groups is 1. The Hall–Kier alpha value is -2.22. The topological polar surface area (TPSA) is 109 Å². The number of aromatic nitrogens is 1. The minimum Gasteiger partial charge on any atom is -0.392 e. The number of likely N-dealkylation sites (N-methyl/N-ethyl adjacent to an activating group) is 1. The van der Waals surface area contributed by atoms with Gasteiger partial charge in [-0.1, -0.05) is 6.92 Å². The van der Waals surface area contributed by atoms with Gasteiger partial charge in [-0.3, -0.25) is 14.9 Å². The summed E-state index contributed by atoms with van der Waals surface area (Å²) in [7, 11) is 1.48. The van der Waals surface area contributed by atoms with E-state index in [0.717, 1.165) is 12.6 Å². The summed E-state index contributed by atoms with van der Waals surface area (Å²) in [5, 5.41) is 23.3. The predicted octanol–water partition coefficient (Wildman–Crippen LogP) is 1.26. The Labute approximate surface area is 122 Å². The molecular weight excluding hydrogens is 276 g/mol. The Morgan fingerprint density at radius 2 is 2.29 bits per heavy atom. The van der Waals surface area contributed by atoms with Crippen molar-refractivity contribution < 1.29 is 14.8 Å². The monoisotopic (exact) mass is 296 g/mol. The van der Waals surface area contributed by atoms with Crippen LogP contribution in [0.2, 0.25) is 0 Å². The number of hydrogen-bond acceptors (Lipinski definition) is 6. The fourth-order valence-corrected chi connectivity index (χ4v) is 1.80. The van der Waals surface area contributed by atoms with E-state index in [0.29, 0.717) is 12.4 Å². The normalized spacial score (nSPS) is 11.8. The molecule has 1 rings (SSSR count). The lowest BCUT2D eigenvalue weighted by atomic mass is 10.2. The van der Waals surface area contributed by atoms with Gasteiger partial charge >= 0.3 is 0 Å². The molecule has 1 aromatic rings. The largest absolute Gasteiger partial charge is 0.392 e. The summed E-state index contributed by atoms with van der Waals surface area (Å²) in [6.07, 6.45) is 1.23. The highest BCUT2D eigenvalue weighted by molar-refractivity contribution is 5.98. The number of amides is 1. The van der Waals surface area contributed by atoms with Crippen LogP contribution in [-0.4, -0.2) is 52.1 Å². The average molecular weight is 296 g/mol. The Bertz CT molecular complexity index is 519. The molecule has 116 valence electrons. The second kappa shape index (κ2) is 7.53. The number of carbonyl (C=O) groups excluding carboxylic acids is 1. The Balaban J connectivity index is 3.10. The number of nitrogens with one attached hydrogen (secondary N) is 1. The molecular formula is C13H20N4O4. The van der Waals surface area contributed by atoms with E-state index in [2.05, 4.69) is 10.3 Å². The molecule has 0 aliphatic carbocycles. The molecule has 1 amide bonds. The summed E-state index contributed by atoms with van der Waals surface area (Å²) >= 11 is 0. The van der Waals surface area contributed by atoms with Crippen LogP contribution in [0.25, 0.3) is 0 Å². The van der Waals surface area contributed by atoms with E-state index < -0.39 is 16.9 Å². The van der Waals surface area contributed by atoms with Gasteiger partial charge in [-0.2, -0.15) is 0 Å². The van der Waals surface area contributed by atoms with Crippen molar-refractivity contribution in [3.05, 3.63) is 27.9 Å². The van der Waals surface area contributed by atoms with Gasteiger partial charge in [-0.05, 0) is 13.3 Å². The molecule has 1 unspecified atom stereocenters. The first-order valence-electron chi connectivity index (χ1n) is 6.68. The average Bonchev–Trinajstić information content (AvgIpc) is 2.43. The van der Waals surface area contributed by atoms with Crippen LogP contribution in [0.1, 0.15) is 30.6 Å². The van der Waals surface area contributed by atoms with Gasteiger partial charge in [0.05, 0.1) is 11.0 Å². The molecule has 0 fully saturated rings. The lowest BCUT2D eigenvalue weighted by Crippen LogP contribution is -2.33. The van der Waals surface area contributed by atoms with Crippen LogP contribution < -0.4 is 5.32 Å². The molecule has 0 bridgehead atoms. The van der Waals surface area contributed by atoms with Crippen molar-refractivity contribution in [1.82, 2.24) is 9.88 Å². The van der Waals surface area contributed by atoms with Crippen molar-refractivity contribution >= 4 is 17.4 Å². The van der Waals surface area contributed by atoms with Gasteiger partial charge in [0.15, 0.2) is 0 Å². The van der Waals surface area contributed by atoms with Crippen molar-refractivity contribution in [2.24, 2.45) is 0 Å². The number of nitrogens with zero attached hydrogens (tertiary/aromatic N) is 3. The fraction of sp³-hybridized carbons (Fsp3) is 0.538. The maximum Gasteiger partial charge on any atom is 0.300 e. The molecule has 1 atom stereocenters. The zero-order valence-electron chi connectivity index (χ0n) is 12.4. The van der Waals surface area contributed by atoms with Gasteiger partial charge in [0.2, 0.25) is 0 Å². The summed E-state index contributed by atoms with van der Waals surface area (Å²) in [5.74, 6) is -0.110. The van der Waals surface area contributed by atoms with E-state index in [1.807, 2.05) is 6.92 Å². The molecule has 8 nitrogen and oxygen atoms in total.